The predicted molar refractivity (Wildman–Crippen MR) is 319 cm³/mol. The topological polar surface area (TPSA) is 111 Å². The third-order valence-corrected chi connectivity index (χ3v) is 16.0. The molecule has 9 nitrogen and oxygen atoms in total. The maximum absolute atomic E-state index is 12.8. The second-order valence-corrected chi connectivity index (χ2v) is 25.3. The SMILES string of the molecule is CCCCCCCCC/C=C\CCCCCCCC(=O)OC(COC(=O)CCCCCCCCCCCCCCCCCCCCCCCCCCCCCCCCCCCCC)COP(=O)([O-])OCC[N+](C)(C)C. The number of allylic oxidation sites excluding steroid dienone is 2. The van der Waals surface area contributed by atoms with Crippen molar-refractivity contribution in [2.75, 3.05) is 47.5 Å². The van der Waals surface area contributed by atoms with E-state index in [1.165, 1.54) is 257 Å². The fourth-order valence-electron chi connectivity index (χ4n) is 9.95. The van der Waals surface area contributed by atoms with Crippen molar-refractivity contribution < 1.29 is 42.1 Å². The van der Waals surface area contributed by atoms with Crippen molar-refractivity contribution in [3.05, 3.63) is 12.2 Å². The number of unbranched alkanes of at least 4 members (excludes halogenated alkanes) is 46. The van der Waals surface area contributed by atoms with Gasteiger partial charge in [0.15, 0.2) is 6.10 Å². The Balaban J connectivity index is 3.90. The van der Waals surface area contributed by atoms with Crippen LogP contribution in [0.3, 0.4) is 0 Å². The minimum atomic E-state index is -4.63. The zero-order valence-corrected chi connectivity index (χ0v) is 51.7. The molecule has 0 aliphatic carbocycles. The fourth-order valence-corrected chi connectivity index (χ4v) is 10.7. The van der Waals surface area contributed by atoms with Crippen molar-refractivity contribution in [1.29, 1.82) is 0 Å². The first-order valence-corrected chi connectivity index (χ1v) is 34.4. The van der Waals surface area contributed by atoms with Crippen LogP contribution in [0.25, 0.3) is 0 Å². The van der Waals surface area contributed by atoms with Crippen molar-refractivity contribution in [2.45, 2.75) is 347 Å². The summed E-state index contributed by atoms with van der Waals surface area (Å²) in [6.07, 6.45) is 68.8. The molecule has 0 saturated carbocycles. The molecule has 0 spiro atoms. The summed E-state index contributed by atoms with van der Waals surface area (Å²) in [4.78, 5) is 37.9. The Morgan fingerprint density at radius 1 is 0.400 bits per heavy atom. The molecule has 0 saturated heterocycles. The lowest BCUT2D eigenvalue weighted by Gasteiger charge is -2.28. The van der Waals surface area contributed by atoms with Gasteiger partial charge < -0.3 is 27.9 Å². The Hall–Kier alpha value is -1.25. The number of likely N-dealkylation sites (N-methyl/N-ethyl adjacent to an activating group) is 1. The van der Waals surface area contributed by atoms with Crippen LogP contribution in [0.4, 0.5) is 0 Å². The van der Waals surface area contributed by atoms with Crippen LogP contribution in [0.15, 0.2) is 12.2 Å². The van der Waals surface area contributed by atoms with Crippen molar-refractivity contribution in [3.8, 4) is 0 Å². The number of phosphoric ester groups is 1. The molecular formula is C65H128NO8P. The molecule has 0 aromatic carbocycles. The number of carbonyl (C=O) groups excluding carboxylic acids is 2. The third kappa shape index (κ3) is 61.8. The Morgan fingerprint density at radius 2 is 0.680 bits per heavy atom. The zero-order chi connectivity index (χ0) is 54.9. The van der Waals surface area contributed by atoms with Crippen LogP contribution in [-0.4, -0.2) is 70.0 Å². The molecule has 0 fully saturated rings. The number of nitrogens with zero attached hydrogens (tertiary/aromatic N) is 1. The molecule has 446 valence electrons. The van der Waals surface area contributed by atoms with E-state index >= 15 is 0 Å². The Labute approximate surface area is 466 Å². The van der Waals surface area contributed by atoms with E-state index < -0.39 is 26.5 Å². The molecular weight excluding hydrogens is 954 g/mol. The lowest BCUT2D eigenvalue weighted by atomic mass is 10.0. The summed E-state index contributed by atoms with van der Waals surface area (Å²) in [6.45, 7) is 4.29. The number of rotatable bonds is 62. The van der Waals surface area contributed by atoms with Crippen LogP contribution >= 0.6 is 7.82 Å². The van der Waals surface area contributed by atoms with Gasteiger partial charge in [0.25, 0.3) is 7.82 Å². The number of quaternary nitrogens is 1. The van der Waals surface area contributed by atoms with Crippen LogP contribution in [0.2, 0.25) is 0 Å². The smallest absolute Gasteiger partial charge is 0.306 e. The predicted octanol–water partition coefficient (Wildman–Crippen LogP) is 20.1. The van der Waals surface area contributed by atoms with Gasteiger partial charge in [0.2, 0.25) is 0 Å². The first-order valence-electron chi connectivity index (χ1n) is 32.9. The highest BCUT2D eigenvalue weighted by atomic mass is 31.2. The Kier molecular flexibility index (Phi) is 56.5. The molecule has 2 atom stereocenters. The van der Waals surface area contributed by atoms with Gasteiger partial charge in [-0.25, -0.2) is 0 Å². The van der Waals surface area contributed by atoms with Crippen molar-refractivity contribution in [3.63, 3.8) is 0 Å². The molecule has 0 heterocycles. The molecule has 2 unspecified atom stereocenters. The van der Waals surface area contributed by atoms with E-state index in [1.54, 1.807) is 0 Å². The van der Waals surface area contributed by atoms with E-state index in [9.17, 15) is 19.0 Å². The van der Waals surface area contributed by atoms with Crippen molar-refractivity contribution in [2.24, 2.45) is 0 Å². The fraction of sp³-hybridized carbons (Fsp3) is 0.938. The second kappa shape index (κ2) is 57.4. The molecule has 0 aliphatic rings. The number of hydrogen-bond acceptors (Lipinski definition) is 8. The first-order chi connectivity index (χ1) is 36.5. The normalized spacial score (nSPS) is 13.2. The van der Waals surface area contributed by atoms with Gasteiger partial charge in [-0.2, -0.15) is 0 Å². The highest BCUT2D eigenvalue weighted by Gasteiger charge is 2.22. The molecule has 0 aromatic heterocycles. The van der Waals surface area contributed by atoms with E-state index in [-0.39, 0.29) is 32.0 Å². The largest absolute Gasteiger partial charge is 0.756 e. The van der Waals surface area contributed by atoms with E-state index in [4.69, 9.17) is 18.5 Å². The van der Waals surface area contributed by atoms with Gasteiger partial charge in [-0.05, 0) is 38.5 Å². The molecule has 0 rings (SSSR count). The zero-order valence-electron chi connectivity index (χ0n) is 50.8. The Morgan fingerprint density at radius 3 is 0.987 bits per heavy atom. The molecule has 0 aliphatic heterocycles. The van der Waals surface area contributed by atoms with E-state index in [0.29, 0.717) is 17.4 Å². The summed E-state index contributed by atoms with van der Waals surface area (Å²) in [7, 11) is 1.18. The van der Waals surface area contributed by atoms with Gasteiger partial charge in [-0.1, -0.05) is 302 Å². The maximum Gasteiger partial charge on any atom is 0.306 e. The van der Waals surface area contributed by atoms with Crippen LogP contribution < -0.4 is 4.89 Å². The first kappa shape index (κ1) is 73.8. The van der Waals surface area contributed by atoms with Crippen molar-refractivity contribution >= 4 is 19.8 Å². The average Bonchev–Trinajstić information content (AvgIpc) is 3.37. The lowest BCUT2D eigenvalue weighted by molar-refractivity contribution is -0.870. The number of carbonyl (C=O) groups is 2. The molecule has 75 heavy (non-hydrogen) atoms. The van der Waals surface area contributed by atoms with Gasteiger partial charge in [-0.15, -0.1) is 0 Å². The third-order valence-electron chi connectivity index (χ3n) is 15.0. The standard InChI is InChI=1S/C65H128NO8P/c1-6-8-10-12-14-16-18-20-22-24-25-26-27-28-29-30-31-32-33-34-35-36-37-38-39-40-41-42-44-45-47-49-51-53-55-57-64(67)71-61-63(62-73-75(69,70)72-60-59-66(3,4)5)74-65(68)58-56-54-52-50-48-46-43-23-21-19-17-15-13-11-9-7-2/h23,43,63H,6-22,24-42,44-62H2,1-5H3/b43-23-. The van der Waals surface area contributed by atoms with Crippen LogP contribution in [-0.2, 0) is 32.7 Å². The highest BCUT2D eigenvalue weighted by molar-refractivity contribution is 7.45. The highest BCUT2D eigenvalue weighted by Crippen LogP contribution is 2.38. The Bertz CT molecular complexity index is 1270. The van der Waals surface area contributed by atoms with Crippen LogP contribution in [0.1, 0.15) is 341 Å². The van der Waals surface area contributed by atoms with Gasteiger partial charge in [-0.3, -0.25) is 14.2 Å². The van der Waals surface area contributed by atoms with Crippen LogP contribution in [0.5, 0.6) is 0 Å². The maximum atomic E-state index is 12.8. The molecule has 0 bridgehead atoms. The summed E-state index contributed by atoms with van der Waals surface area (Å²) >= 11 is 0. The summed E-state index contributed by atoms with van der Waals surface area (Å²) in [5, 5.41) is 0. The number of esters is 2. The average molecular weight is 1080 g/mol. The van der Waals surface area contributed by atoms with Crippen molar-refractivity contribution in [1.82, 2.24) is 0 Å². The summed E-state index contributed by atoms with van der Waals surface area (Å²) in [6, 6.07) is 0. The quantitative estimate of drug-likeness (QED) is 0.0195. The number of phosphoric acid groups is 1. The molecule has 10 heteroatoms. The van der Waals surface area contributed by atoms with Gasteiger partial charge in [0, 0.05) is 12.8 Å². The van der Waals surface area contributed by atoms with E-state index in [0.717, 1.165) is 51.4 Å². The second-order valence-electron chi connectivity index (χ2n) is 23.8. The van der Waals surface area contributed by atoms with Gasteiger partial charge in [0.05, 0.1) is 27.7 Å². The lowest BCUT2D eigenvalue weighted by Crippen LogP contribution is -2.37. The monoisotopic (exact) mass is 1080 g/mol. The van der Waals surface area contributed by atoms with E-state index in [1.807, 2.05) is 21.1 Å². The molecule has 0 N–H and O–H groups in total. The minimum Gasteiger partial charge on any atom is -0.756 e. The molecule has 0 radical (unpaired) electrons. The number of ether oxygens (including phenoxy) is 2. The number of hydrogen-bond donors (Lipinski definition) is 0. The van der Waals surface area contributed by atoms with Gasteiger partial charge >= 0.3 is 11.9 Å². The summed E-state index contributed by atoms with van der Waals surface area (Å²) < 4.78 is 34.2. The molecule has 0 aromatic rings. The summed E-state index contributed by atoms with van der Waals surface area (Å²) in [5.74, 6) is -0.824. The minimum absolute atomic E-state index is 0.0287. The van der Waals surface area contributed by atoms with E-state index in [2.05, 4.69) is 26.0 Å². The molecule has 0 amide bonds. The van der Waals surface area contributed by atoms with Crippen LogP contribution in [0, 0.1) is 0 Å². The summed E-state index contributed by atoms with van der Waals surface area (Å²) in [5.41, 5.74) is 0. The van der Waals surface area contributed by atoms with Gasteiger partial charge in [0.1, 0.15) is 19.8 Å².